The molecular formula is C10H17NO2Y-2. The first-order chi connectivity index (χ1) is 5.98. The van der Waals surface area contributed by atoms with E-state index in [0.29, 0.717) is 6.04 Å². The minimum atomic E-state index is -0.437. The maximum absolute atomic E-state index is 5.74. The van der Waals surface area contributed by atoms with Gasteiger partial charge >= 0.3 is 0 Å². The van der Waals surface area contributed by atoms with E-state index in [1.807, 2.05) is 13.8 Å². The number of rotatable bonds is 0. The summed E-state index contributed by atoms with van der Waals surface area (Å²) in [6.07, 6.45) is 2.41. The van der Waals surface area contributed by atoms with Crippen LogP contribution in [-0.2, 0) is 42.2 Å². The van der Waals surface area contributed by atoms with Crippen molar-refractivity contribution in [1.29, 1.82) is 0 Å². The molecule has 0 N–H and O–H groups in total. The second-order valence-corrected chi connectivity index (χ2v) is 4.31. The van der Waals surface area contributed by atoms with Crippen molar-refractivity contribution in [3.8, 4) is 0 Å². The van der Waals surface area contributed by atoms with Crippen LogP contribution in [-0.4, -0.2) is 36.0 Å². The number of hydrogen-bond donors (Lipinski definition) is 0. The Morgan fingerprint density at radius 3 is 2.43 bits per heavy atom. The summed E-state index contributed by atoms with van der Waals surface area (Å²) in [6.45, 7) is 8.17. The molecule has 2 aliphatic heterocycles. The minimum absolute atomic E-state index is 0. The van der Waals surface area contributed by atoms with Crippen molar-refractivity contribution in [3.63, 3.8) is 0 Å². The van der Waals surface area contributed by atoms with Crippen LogP contribution < -0.4 is 0 Å². The maximum Gasteiger partial charge on any atom is 0.156 e. The summed E-state index contributed by atoms with van der Waals surface area (Å²) in [5.41, 5.74) is 0. The van der Waals surface area contributed by atoms with Crippen molar-refractivity contribution >= 4 is 0 Å². The number of piperidine rings is 1. The van der Waals surface area contributed by atoms with E-state index in [4.69, 9.17) is 9.47 Å². The van der Waals surface area contributed by atoms with Gasteiger partial charge in [0.05, 0.1) is 0 Å². The third-order valence-electron chi connectivity index (χ3n) is 2.66. The molecule has 0 aromatic rings. The molecule has 2 aliphatic rings. The Kier molecular flexibility index (Phi) is 4.16. The number of ether oxygens (including phenoxy) is 2. The Morgan fingerprint density at radius 1 is 1.21 bits per heavy atom. The van der Waals surface area contributed by atoms with Gasteiger partial charge in [-0.3, -0.25) is 6.42 Å². The molecule has 3 atom stereocenters. The average molecular weight is 272 g/mol. The van der Waals surface area contributed by atoms with E-state index in [2.05, 4.69) is 31.8 Å². The second kappa shape index (κ2) is 4.46. The standard InChI is InChI=1S/C10H17NO2.Y/c1-7-5-8-9(6-11(7)4)13-10(2,3)12-8;/h5-9H,1-4H3;/q-2;. The average Bonchev–Trinajstić information content (AvgIpc) is 2.24. The number of nitrogens with zero attached hydrogens (tertiary/aromatic N) is 1. The zero-order valence-electron chi connectivity index (χ0n) is 9.23. The summed E-state index contributed by atoms with van der Waals surface area (Å²) in [5.74, 6) is -0.437. The van der Waals surface area contributed by atoms with Gasteiger partial charge in [0.2, 0.25) is 0 Å². The first kappa shape index (κ1) is 13.1. The monoisotopic (exact) mass is 272 g/mol. The molecule has 4 heteroatoms. The van der Waals surface area contributed by atoms with Gasteiger partial charge in [-0.15, -0.1) is 6.04 Å². The number of likely N-dealkylation sites (tertiary alicyclic amines) is 1. The van der Waals surface area contributed by atoms with Gasteiger partial charge in [0.15, 0.2) is 5.79 Å². The fourth-order valence-electron chi connectivity index (χ4n) is 1.86. The van der Waals surface area contributed by atoms with Crippen molar-refractivity contribution in [1.82, 2.24) is 4.90 Å². The van der Waals surface area contributed by atoms with Crippen molar-refractivity contribution in [3.05, 3.63) is 13.0 Å². The summed E-state index contributed by atoms with van der Waals surface area (Å²) >= 11 is 0. The van der Waals surface area contributed by atoms with Crippen LogP contribution in [0.5, 0.6) is 0 Å². The molecule has 0 amide bonds. The van der Waals surface area contributed by atoms with Crippen molar-refractivity contribution < 1.29 is 42.2 Å². The predicted molar refractivity (Wildman–Crippen MR) is 49.7 cm³/mol. The summed E-state index contributed by atoms with van der Waals surface area (Å²) in [7, 11) is 2.06. The van der Waals surface area contributed by atoms with Crippen LogP contribution in [0.15, 0.2) is 0 Å². The second-order valence-electron chi connectivity index (χ2n) is 4.31. The molecule has 2 rings (SSSR count). The summed E-state index contributed by atoms with van der Waals surface area (Å²) in [5, 5.41) is 0. The summed E-state index contributed by atoms with van der Waals surface area (Å²) in [4.78, 5) is 2.16. The summed E-state index contributed by atoms with van der Waals surface area (Å²) in [6, 6.07) is 0.429. The number of fused-ring (bicyclic) bond motifs is 1. The SMILES string of the molecule is CC1[CH-]C2OC(C)(C)OC2[CH-]N1C.[Y]. The van der Waals surface area contributed by atoms with Gasteiger partial charge in [-0.25, -0.2) is 6.54 Å². The van der Waals surface area contributed by atoms with Crippen LogP contribution in [0.4, 0.5) is 0 Å². The predicted octanol–water partition coefficient (Wildman–Crippen LogP) is 1.20. The first-order valence-corrected chi connectivity index (χ1v) is 4.75. The van der Waals surface area contributed by atoms with Gasteiger partial charge in [0, 0.05) is 32.7 Å². The van der Waals surface area contributed by atoms with Gasteiger partial charge in [-0.1, -0.05) is 19.1 Å². The van der Waals surface area contributed by atoms with E-state index in [-0.39, 0.29) is 44.9 Å². The molecule has 14 heavy (non-hydrogen) atoms. The van der Waals surface area contributed by atoms with Crippen LogP contribution in [0.1, 0.15) is 20.8 Å². The first-order valence-electron chi connectivity index (χ1n) is 4.75. The third kappa shape index (κ3) is 2.56. The van der Waals surface area contributed by atoms with Crippen LogP contribution in [0.3, 0.4) is 0 Å². The zero-order chi connectivity index (χ0) is 9.64. The normalized spacial score (nSPS) is 41.6. The minimum Gasteiger partial charge on any atom is -0.479 e. The van der Waals surface area contributed by atoms with Crippen LogP contribution in [0.25, 0.3) is 0 Å². The Hall–Kier alpha value is 0.984. The van der Waals surface area contributed by atoms with Crippen molar-refractivity contribution in [2.75, 3.05) is 7.05 Å². The molecule has 2 fully saturated rings. The molecule has 0 aromatic heterocycles. The van der Waals surface area contributed by atoms with Gasteiger partial charge in [0.1, 0.15) is 0 Å². The van der Waals surface area contributed by atoms with Gasteiger partial charge in [-0.2, -0.15) is 0 Å². The zero-order valence-corrected chi connectivity index (χ0v) is 12.1. The Labute approximate surface area is 111 Å². The Bertz CT molecular complexity index is 190. The van der Waals surface area contributed by atoms with Crippen molar-refractivity contribution in [2.24, 2.45) is 0 Å². The quantitative estimate of drug-likeness (QED) is 0.619. The molecular weight excluding hydrogens is 255 g/mol. The van der Waals surface area contributed by atoms with E-state index in [9.17, 15) is 0 Å². The molecule has 0 bridgehead atoms. The topological polar surface area (TPSA) is 21.7 Å². The molecule has 3 unspecified atom stereocenters. The fourth-order valence-corrected chi connectivity index (χ4v) is 1.86. The molecule has 1 radical (unpaired) electrons. The van der Waals surface area contributed by atoms with Crippen LogP contribution in [0, 0.1) is 13.0 Å². The molecule has 2 heterocycles. The van der Waals surface area contributed by atoms with E-state index >= 15 is 0 Å². The molecule has 0 spiro atoms. The van der Waals surface area contributed by atoms with Crippen LogP contribution >= 0.6 is 0 Å². The van der Waals surface area contributed by atoms with Crippen LogP contribution in [0.2, 0.25) is 0 Å². The fraction of sp³-hybridized carbons (Fsp3) is 0.800. The molecule has 3 nitrogen and oxygen atoms in total. The third-order valence-corrected chi connectivity index (χ3v) is 2.66. The van der Waals surface area contributed by atoms with Gasteiger partial charge in [-0.05, 0) is 20.9 Å². The Morgan fingerprint density at radius 2 is 1.79 bits per heavy atom. The van der Waals surface area contributed by atoms with Gasteiger partial charge in [0.25, 0.3) is 0 Å². The van der Waals surface area contributed by atoms with E-state index < -0.39 is 5.79 Å². The van der Waals surface area contributed by atoms with Crippen molar-refractivity contribution in [2.45, 2.75) is 44.8 Å². The smallest absolute Gasteiger partial charge is 0.156 e. The largest absolute Gasteiger partial charge is 0.479 e. The number of likely N-dealkylation sites (N-methyl/N-ethyl adjacent to an activating group) is 1. The van der Waals surface area contributed by atoms with E-state index in [1.54, 1.807) is 0 Å². The number of hydrogen-bond acceptors (Lipinski definition) is 3. The maximum atomic E-state index is 5.74. The van der Waals surface area contributed by atoms with E-state index in [0.717, 1.165) is 0 Å². The Balaban J connectivity index is 0.000000980. The molecule has 0 aliphatic carbocycles. The summed E-state index contributed by atoms with van der Waals surface area (Å²) < 4.78 is 11.5. The molecule has 2 saturated heterocycles. The molecule has 79 valence electrons. The molecule has 0 saturated carbocycles. The van der Waals surface area contributed by atoms with Gasteiger partial charge < -0.3 is 14.4 Å². The van der Waals surface area contributed by atoms with E-state index in [1.165, 1.54) is 0 Å². The molecule has 0 aromatic carbocycles.